The third-order valence-corrected chi connectivity index (χ3v) is 3.18. The van der Waals surface area contributed by atoms with E-state index in [1.165, 1.54) is 0 Å². The summed E-state index contributed by atoms with van der Waals surface area (Å²) in [6.45, 7) is 2.28. The second-order valence-electron chi connectivity index (χ2n) is 4.38. The van der Waals surface area contributed by atoms with E-state index in [1.54, 1.807) is 12.1 Å². The smallest absolute Gasteiger partial charge is 0.332 e. The first-order valence-electron chi connectivity index (χ1n) is 5.83. The number of carboxylic acid groups (broad SMARTS) is 1. The second-order valence-corrected chi connectivity index (χ2v) is 4.82. The van der Waals surface area contributed by atoms with Crippen molar-refractivity contribution in [3.8, 4) is 5.75 Å². The van der Waals surface area contributed by atoms with Crippen LogP contribution in [0.15, 0.2) is 18.2 Å². The van der Waals surface area contributed by atoms with Crippen molar-refractivity contribution < 1.29 is 19.4 Å². The van der Waals surface area contributed by atoms with Crippen molar-refractivity contribution in [2.45, 2.75) is 32.0 Å². The van der Waals surface area contributed by atoms with Gasteiger partial charge in [-0.3, -0.25) is 0 Å². The van der Waals surface area contributed by atoms with Crippen LogP contribution in [0.5, 0.6) is 5.75 Å². The normalized spacial score (nSPS) is 23.0. The Bertz CT molecular complexity index is 447. The van der Waals surface area contributed by atoms with E-state index in [0.29, 0.717) is 24.5 Å². The van der Waals surface area contributed by atoms with Gasteiger partial charge in [-0.15, -0.1) is 0 Å². The van der Waals surface area contributed by atoms with E-state index in [-0.39, 0.29) is 6.10 Å². The van der Waals surface area contributed by atoms with E-state index in [0.717, 1.165) is 11.3 Å². The van der Waals surface area contributed by atoms with Gasteiger partial charge < -0.3 is 14.6 Å². The summed E-state index contributed by atoms with van der Waals surface area (Å²) < 4.78 is 11.0. The first-order chi connectivity index (χ1) is 8.56. The zero-order valence-corrected chi connectivity index (χ0v) is 10.8. The molecule has 1 aliphatic rings. The lowest BCUT2D eigenvalue weighted by Gasteiger charge is -2.14. The monoisotopic (exact) mass is 270 g/mol. The molecule has 0 saturated carbocycles. The minimum absolute atomic E-state index is 0.152. The summed E-state index contributed by atoms with van der Waals surface area (Å²) >= 11 is 5.85. The van der Waals surface area contributed by atoms with Crippen molar-refractivity contribution in [3.05, 3.63) is 28.8 Å². The molecule has 1 aromatic carbocycles. The van der Waals surface area contributed by atoms with E-state index in [2.05, 4.69) is 0 Å². The van der Waals surface area contributed by atoms with Gasteiger partial charge in [-0.05, 0) is 43.5 Å². The molecule has 0 aliphatic carbocycles. The standard InChI is InChI=1S/C13H15ClO4/c1-8-6-9(14)2-4-11(8)17-7-10-3-5-12(18-10)13(15)16/h2,4,6,10,12H,3,5,7H2,1H3,(H,15,16). The maximum absolute atomic E-state index is 10.7. The lowest BCUT2D eigenvalue weighted by molar-refractivity contribution is -0.149. The van der Waals surface area contributed by atoms with Crippen LogP contribution in [-0.4, -0.2) is 29.9 Å². The number of hydrogen-bond acceptors (Lipinski definition) is 3. The lowest BCUT2D eigenvalue weighted by atomic mass is 10.2. The van der Waals surface area contributed by atoms with Gasteiger partial charge in [0, 0.05) is 5.02 Å². The Balaban J connectivity index is 1.87. The molecule has 0 radical (unpaired) electrons. The van der Waals surface area contributed by atoms with Crippen LogP contribution in [0.25, 0.3) is 0 Å². The van der Waals surface area contributed by atoms with E-state index in [4.69, 9.17) is 26.2 Å². The van der Waals surface area contributed by atoms with Crippen molar-refractivity contribution in [2.75, 3.05) is 6.61 Å². The number of carboxylic acids is 1. The first kappa shape index (κ1) is 13.2. The second kappa shape index (κ2) is 5.59. The summed E-state index contributed by atoms with van der Waals surface area (Å²) in [5.74, 6) is -0.151. The van der Waals surface area contributed by atoms with Crippen molar-refractivity contribution in [2.24, 2.45) is 0 Å². The number of halogens is 1. The highest BCUT2D eigenvalue weighted by Crippen LogP contribution is 2.24. The molecular formula is C13H15ClO4. The minimum Gasteiger partial charge on any atom is -0.491 e. The van der Waals surface area contributed by atoms with E-state index in [9.17, 15) is 4.79 Å². The van der Waals surface area contributed by atoms with Crippen molar-refractivity contribution in [1.29, 1.82) is 0 Å². The average Bonchev–Trinajstić information content (AvgIpc) is 2.76. The van der Waals surface area contributed by atoms with Crippen LogP contribution >= 0.6 is 11.6 Å². The van der Waals surface area contributed by atoms with Gasteiger partial charge in [0.05, 0.1) is 6.10 Å². The summed E-state index contributed by atoms with van der Waals surface area (Å²) in [6.07, 6.45) is 0.415. The van der Waals surface area contributed by atoms with Gasteiger partial charge in [0.25, 0.3) is 0 Å². The minimum atomic E-state index is -0.903. The van der Waals surface area contributed by atoms with Crippen LogP contribution in [0.1, 0.15) is 18.4 Å². The molecule has 1 heterocycles. The fourth-order valence-corrected chi connectivity index (χ4v) is 2.19. The van der Waals surface area contributed by atoms with Crippen molar-refractivity contribution in [1.82, 2.24) is 0 Å². The number of aliphatic carboxylic acids is 1. The molecule has 4 nitrogen and oxygen atoms in total. The fraction of sp³-hybridized carbons (Fsp3) is 0.462. The molecule has 2 atom stereocenters. The number of hydrogen-bond donors (Lipinski definition) is 1. The van der Waals surface area contributed by atoms with Gasteiger partial charge in [-0.2, -0.15) is 0 Å². The summed E-state index contributed by atoms with van der Waals surface area (Å²) in [4.78, 5) is 10.7. The Morgan fingerprint density at radius 3 is 2.94 bits per heavy atom. The van der Waals surface area contributed by atoms with Gasteiger partial charge >= 0.3 is 5.97 Å². The van der Waals surface area contributed by atoms with Crippen LogP contribution in [0.3, 0.4) is 0 Å². The highest BCUT2D eigenvalue weighted by atomic mass is 35.5. The zero-order chi connectivity index (χ0) is 13.1. The third kappa shape index (κ3) is 3.15. The Kier molecular flexibility index (Phi) is 4.09. The van der Waals surface area contributed by atoms with Gasteiger partial charge in [0.15, 0.2) is 6.10 Å². The average molecular weight is 271 g/mol. The van der Waals surface area contributed by atoms with Crippen molar-refractivity contribution in [3.63, 3.8) is 0 Å². The molecule has 0 spiro atoms. The Hall–Kier alpha value is -1.26. The van der Waals surface area contributed by atoms with Gasteiger partial charge in [-0.1, -0.05) is 11.6 Å². The highest BCUT2D eigenvalue weighted by molar-refractivity contribution is 6.30. The molecular weight excluding hydrogens is 256 g/mol. The van der Waals surface area contributed by atoms with Crippen LogP contribution in [0, 0.1) is 6.92 Å². The van der Waals surface area contributed by atoms with Crippen LogP contribution < -0.4 is 4.74 Å². The van der Waals surface area contributed by atoms with Gasteiger partial charge in [0.1, 0.15) is 12.4 Å². The Morgan fingerprint density at radius 2 is 2.33 bits per heavy atom. The number of carbonyl (C=O) groups is 1. The molecule has 1 N–H and O–H groups in total. The molecule has 2 unspecified atom stereocenters. The van der Waals surface area contributed by atoms with Crippen LogP contribution in [-0.2, 0) is 9.53 Å². The molecule has 98 valence electrons. The number of ether oxygens (including phenoxy) is 2. The molecule has 0 amide bonds. The number of aryl methyl sites for hydroxylation is 1. The molecule has 0 aromatic heterocycles. The van der Waals surface area contributed by atoms with E-state index >= 15 is 0 Å². The molecule has 1 saturated heterocycles. The number of benzene rings is 1. The molecule has 1 aliphatic heterocycles. The lowest BCUT2D eigenvalue weighted by Crippen LogP contribution is -2.23. The maximum Gasteiger partial charge on any atom is 0.332 e. The fourth-order valence-electron chi connectivity index (χ4n) is 1.97. The summed E-state index contributed by atoms with van der Waals surface area (Å²) in [5, 5.41) is 9.48. The van der Waals surface area contributed by atoms with Crippen LogP contribution in [0.4, 0.5) is 0 Å². The highest BCUT2D eigenvalue weighted by Gasteiger charge is 2.30. The predicted octanol–water partition coefficient (Wildman–Crippen LogP) is 2.66. The number of rotatable bonds is 4. The SMILES string of the molecule is Cc1cc(Cl)ccc1OCC1CCC(C(=O)O)O1. The summed E-state index contributed by atoms with van der Waals surface area (Å²) in [5.41, 5.74) is 0.954. The molecule has 1 fully saturated rings. The largest absolute Gasteiger partial charge is 0.491 e. The molecule has 0 bridgehead atoms. The van der Waals surface area contributed by atoms with Crippen LogP contribution in [0.2, 0.25) is 5.02 Å². The Morgan fingerprint density at radius 1 is 1.56 bits per heavy atom. The van der Waals surface area contributed by atoms with E-state index < -0.39 is 12.1 Å². The molecule has 2 rings (SSSR count). The summed E-state index contributed by atoms with van der Waals surface area (Å²) in [6, 6.07) is 5.40. The third-order valence-electron chi connectivity index (χ3n) is 2.94. The zero-order valence-electron chi connectivity index (χ0n) is 10.1. The summed E-state index contributed by atoms with van der Waals surface area (Å²) in [7, 11) is 0. The van der Waals surface area contributed by atoms with E-state index in [1.807, 2.05) is 13.0 Å². The van der Waals surface area contributed by atoms with Crippen molar-refractivity contribution >= 4 is 17.6 Å². The molecule has 1 aromatic rings. The molecule has 18 heavy (non-hydrogen) atoms. The predicted molar refractivity (Wildman–Crippen MR) is 67.2 cm³/mol. The maximum atomic E-state index is 10.7. The molecule has 5 heteroatoms. The first-order valence-corrected chi connectivity index (χ1v) is 6.21. The Labute approximate surface area is 110 Å². The topological polar surface area (TPSA) is 55.8 Å². The quantitative estimate of drug-likeness (QED) is 0.914. The van der Waals surface area contributed by atoms with Gasteiger partial charge in [-0.25, -0.2) is 4.79 Å². The van der Waals surface area contributed by atoms with Gasteiger partial charge in [0.2, 0.25) is 0 Å².